The lowest BCUT2D eigenvalue weighted by molar-refractivity contribution is -0.138. The van der Waals surface area contributed by atoms with Crippen LogP contribution >= 0.6 is 12.6 Å². The number of amides is 2. The maximum absolute atomic E-state index is 11.1. The molecule has 0 aromatic rings. The summed E-state index contributed by atoms with van der Waals surface area (Å²) in [5.41, 5.74) is 0. The number of carbonyl (C=O) groups is 2. The van der Waals surface area contributed by atoms with Gasteiger partial charge in [0.2, 0.25) is 11.8 Å². The lowest BCUT2D eigenvalue weighted by atomic mass is 10.4. The van der Waals surface area contributed by atoms with E-state index < -0.39 is 5.25 Å². The van der Waals surface area contributed by atoms with E-state index >= 15 is 0 Å². The molecule has 1 heterocycles. The number of hydrogen-bond donors (Lipinski definition) is 1. The SMILES string of the molecule is [O]CCCN1C(=O)CC(S)C1=O. The minimum atomic E-state index is -0.496. The van der Waals surface area contributed by atoms with Gasteiger partial charge < -0.3 is 0 Å². The van der Waals surface area contributed by atoms with Crippen LogP contribution in [0.1, 0.15) is 12.8 Å². The third kappa shape index (κ3) is 1.78. The molecule has 1 aliphatic heterocycles. The second-order valence-corrected chi connectivity index (χ2v) is 3.28. The summed E-state index contributed by atoms with van der Waals surface area (Å²) in [5.74, 6) is -0.481. The summed E-state index contributed by atoms with van der Waals surface area (Å²) in [6.07, 6.45) is 0.499. The Morgan fingerprint density at radius 2 is 2.17 bits per heavy atom. The molecule has 0 bridgehead atoms. The summed E-state index contributed by atoms with van der Waals surface area (Å²) < 4.78 is 0. The number of nitrogens with zero attached hydrogens (tertiary/aromatic N) is 1. The molecular formula is C7H10NO3S. The Labute approximate surface area is 76.0 Å². The predicted molar refractivity (Wildman–Crippen MR) is 44.3 cm³/mol. The van der Waals surface area contributed by atoms with Gasteiger partial charge in [0, 0.05) is 13.0 Å². The maximum atomic E-state index is 11.1. The largest absolute Gasteiger partial charge is 0.282 e. The molecule has 0 saturated carbocycles. The molecule has 1 fully saturated rings. The fraction of sp³-hybridized carbons (Fsp3) is 0.714. The summed E-state index contributed by atoms with van der Waals surface area (Å²) in [5, 5.41) is 9.62. The number of likely N-dealkylation sites (tertiary alicyclic amines) is 1. The molecule has 1 saturated heterocycles. The average molecular weight is 188 g/mol. The van der Waals surface area contributed by atoms with Gasteiger partial charge >= 0.3 is 0 Å². The number of thiol groups is 1. The van der Waals surface area contributed by atoms with Gasteiger partial charge in [-0.15, -0.1) is 0 Å². The zero-order chi connectivity index (χ0) is 9.14. The van der Waals surface area contributed by atoms with Crippen molar-refractivity contribution in [3.05, 3.63) is 0 Å². The molecule has 0 aromatic carbocycles. The minimum absolute atomic E-state index is 0.167. The van der Waals surface area contributed by atoms with Crippen molar-refractivity contribution >= 4 is 24.4 Å². The predicted octanol–water partition coefficient (Wildman–Crippen LogP) is -0.136. The number of imide groups is 1. The molecule has 1 atom stereocenters. The molecule has 4 nitrogen and oxygen atoms in total. The van der Waals surface area contributed by atoms with Crippen LogP contribution in [0.2, 0.25) is 0 Å². The van der Waals surface area contributed by atoms with E-state index in [-0.39, 0.29) is 31.4 Å². The van der Waals surface area contributed by atoms with Crippen LogP contribution in [0, 0.1) is 0 Å². The lowest BCUT2D eigenvalue weighted by Gasteiger charge is -2.11. The van der Waals surface area contributed by atoms with Crippen LogP contribution in [-0.4, -0.2) is 35.1 Å². The zero-order valence-electron chi connectivity index (χ0n) is 6.52. The third-order valence-corrected chi connectivity index (χ3v) is 2.15. The first kappa shape index (κ1) is 9.54. The van der Waals surface area contributed by atoms with Crippen LogP contribution in [0.15, 0.2) is 0 Å². The highest BCUT2D eigenvalue weighted by atomic mass is 32.1. The van der Waals surface area contributed by atoms with E-state index in [0.717, 1.165) is 4.90 Å². The Bertz CT molecular complexity index is 207. The maximum Gasteiger partial charge on any atom is 0.242 e. The molecule has 1 rings (SSSR count). The van der Waals surface area contributed by atoms with Crippen molar-refractivity contribution in [1.29, 1.82) is 0 Å². The van der Waals surface area contributed by atoms with Crippen LogP contribution in [0.3, 0.4) is 0 Å². The Morgan fingerprint density at radius 3 is 2.58 bits per heavy atom. The molecule has 0 aromatic heterocycles. The normalized spacial score (nSPS) is 23.8. The van der Waals surface area contributed by atoms with Gasteiger partial charge in [-0.25, -0.2) is 5.11 Å². The number of rotatable bonds is 3. The lowest BCUT2D eigenvalue weighted by Crippen LogP contribution is -2.32. The van der Waals surface area contributed by atoms with Crippen molar-refractivity contribution < 1.29 is 14.7 Å². The quantitative estimate of drug-likeness (QED) is 0.495. The molecular weight excluding hydrogens is 178 g/mol. The summed E-state index contributed by atoms with van der Waals surface area (Å²) in [6.45, 7) is -0.00742. The summed E-state index contributed by atoms with van der Waals surface area (Å²) in [7, 11) is 0. The van der Waals surface area contributed by atoms with Crippen molar-refractivity contribution in [3.63, 3.8) is 0 Å². The molecule has 1 aliphatic rings. The van der Waals surface area contributed by atoms with E-state index in [0.29, 0.717) is 6.42 Å². The van der Waals surface area contributed by atoms with E-state index in [1.54, 1.807) is 0 Å². The number of hydrogen-bond acceptors (Lipinski definition) is 3. The Balaban J connectivity index is 2.52. The van der Waals surface area contributed by atoms with Crippen molar-refractivity contribution in [3.8, 4) is 0 Å². The molecule has 0 aliphatic carbocycles. The molecule has 2 amide bonds. The van der Waals surface area contributed by atoms with Crippen molar-refractivity contribution in [2.45, 2.75) is 18.1 Å². The van der Waals surface area contributed by atoms with E-state index in [1.807, 2.05) is 0 Å². The molecule has 0 N–H and O–H groups in total. The first-order valence-electron chi connectivity index (χ1n) is 3.77. The molecule has 67 valence electrons. The molecule has 1 radical (unpaired) electrons. The first-order valence-corrected chi connectivity index (χ1v) is 4.29. The third-order valence-electron chi connectivity index (χ3n) is 1.75. The van der Waals surface area contributed by atoms with E-state index in [4.69, 9.17) is 0 Å². The van der Waals surface area contributed by atoms with Gasteiger partial charge in [0.15, 0.2) is 0 Å². The highest BCUT2D eigenvalue weighted by Crippen LogP contribution is 2.17. The van der Waals surface area contributed by atoms with Crippen LogP contribution < -0.4 is 0 Å². The van der Waals surface area contributed by atoms with Gasteiger partial charge in [0.1, 0.15) is 0 Å². The Hall–Kier alpha value is -0.550. The monoisotopic (exact) mass is 188 g/mol. The Kier molecular flexibility index (Phi) is 3.11. The van der Waals surface area contributed by atoms with Crippen LogP contribution in [0.4, 0.5) is 0 Å². The summed E-state index contributed by atoms with van der Waals surface area (Å²) in [6, 6.07) is 0. The first-order chi connectivity index (χ1) is 5.66. The van der Waals surface area contributed by atoms with E-state index in [1.165, 1.54) is 0 Å². The highest BCUT2D eigenvalue weighted by Gasteiger charge is 2.35. The standard InChI is InChI=1S/C7H10NO3S/c9-3-1-2-8-6(10)4-5(12)7(8)11/h5,12H,1-4H2. The minimum Gasteiger partial charge on any atom is -0.282 e. The fourth-order valence-corrected chi connectivity index (χ4v) is 1.42. The molecule has 1 unspecified atom stereocenters. The van der Waals surface area contributed by atoms with Crippen molar-refractivity contribution in [2.75, 3.05) is 13.2 Å². The van der Waals surface area contributed by atoms with Gasteiger partial charge in [-0.1, -0.05) is 0 Å². The van der Waals surface area contributed by atoms with Gasteiger partial charge in [-0.2, -0.15) is 12.6 Å². The van der Waals surface area contributed by atoms with Crippen LogP contribution in [0.5, 0.6) is 0 Å². The smallest absolute Gasteiger partial charge is 0.242 e. The van der Waals surface area contributed by atoms with Gasteiger partial charge in [0.25, 0.3) is 0 Å². The summed E-state index contributed by atoms with van der Waals surface area (Å²) >= 11 is 3.94. The molecule has 0 spiro atoms. The average Bonchev–Trinajstić information content (AvgIpc) is 2.25. The molecule has 12 heavy (non-hydrogen) atoms. The van der Waals surface area contributed by atoms with Gasteiger partial charge in [0.05, 0.1) is 11.9 Å². The van der Waals surface area contributed by atoms with E-state index in [2.05, 4.69) is 12.6 Å². The zero-order valence-corrected chi connectivity index (χ0v) is 7.42. The topological polar surface area (TPSA) is 57.3 Å². The van der Waals surface area contributed by atoms with Crippen molar-refractivity contribution in [2.24, 2.45) is 0 Å². The summed E-state index contributed by atoms with van der Waals surface area (Å²) in [4.78, 5) is 23.3. The second kappa shape index (κ2) is 3.91. The highest BCUT2D eigenvalue weighted by molar-refractivity contribution is 7.81. The fourth-order valence-electron chi connectivity index (χ4n) is 1.12. The second-order valence-electron chi connectivity index (χ2n) is 2.66. The van der Waals surface area contributed by atoms with Crippen LogP contribution in [-0.2, 0) is 14.7 Å². The number of carbonyl (C=O) groups excluding carboxylic acids is 2. The van der Waals surface area contributed by atoms with Gasteiger partial charge in [-0.05, 0) is 6.42 Å². The Morgan fingerprint density at radius 1 is 1.50 bits per heavy atom. The van der Waals surface area contributed by atoms with Crippen molar-refractivity contribution in [1.82, 2.24) is 4.90 Å². The van der Waals surface area contributed by atoms with Gasteiger partial charge in [-0.3, -0.25) is 14.5 Å². The molecule has 5 heteroatoms. The van der Waals surface area contributed by atoms with Crippen LogP contribution in [0.25, 0.3) is 0 Å². The van der Waals surface area contributed by atoms with E-state index in [9.17, 15) is 14.7 Å².